The molecule has 1 saturated heterocycles. The fourth-order valence-electron chi connectivity index (χ4n) is 4.20. The van der Waals surface area contributed by atoms with Crippen molar-refractivity contribution in [2.75, 3.05) is 25.0 Å². The minimum Gasteiger partial charge on any atom is -0.507 e. The molecular formula is C22H23ClN6O. The molecule has 0 unspecified atom stereocenters. The SMILES string of the molecule is Cc1c(O)c(-c2cc(Cl)c3cc(N(C)[C@@H]4CCNC4)cnc3n2)cc2cn(C)nc12. The minimum absolute atomic E-state index is 0.161. The lowest BCUT2D eigenvalue weighted by molar-refractivity contribution is 0.474. The third-order valence-electron chi connectivity index (χ3n) is 5.99. The van der Waals surface area contributed by atoms with E-state index in [1.807, 2.05) is 38.5 Å². The van der Waals surface area contributed by atoms with Gasteiger partial charge in [0.15, 0.2) is 5.65 Å². The van der Waals surface area contributed by atoms with Crippen LogP contribution in [-0.4, -0.2) is 51.0 Å². The van der Waals surface area contributed by atoms with Gasteiger partial charge < -0.3 is 15.3 Å². The van der Waals surface area contributed by atoms with E-state index in [-0.39, 0.29) is 5.75 Å². The Morgan fingerprint density at radius 1 is 1.30 bits per heavy atom. The predicted octanol–water partition coefficient (Wildman–Crippen LogP) is 3.65. The van der Waals surface area contributed by atoms with E-state index in [1.165, 1.54) is 0 Å². The average molecular weight is 423 g/mol. The van der Waals surface area contributed by atoms with Crippen molar-refractivity contribution < 1.29 is 5.11 Å². The van der Waals surface area contributed by atoms with Crippen LogP contribution < -0.4 is 10.2 Å². The number of anilines is 1. The molecule has 1 atom stereocenters. The largest absolute Gasteiger partial charge is 0.507 e. The molecule has 0 radical (unpaired) electrons. The van der Waals surface area contributed by atoms with E-state index >= 15 is 0 Å². The van der Waals surface area contributed by atoms with Crippen LogP contribution in [0.5, 0.6) is 5.75 Å². The first-order chi connectivity index (χ1) is 14.4. The summed E-state index contributed by atoms with van der Waals surface area (Å²) in [5.41, 5.74) is 4.28. The predicted molar refractivity (Wildman–Crippen MR) is 120 cm³/mol. The number of aromatic nitrogens is 4. The Kier molecular flexibility index (Phi) is 4.52. The molecule has 4 heterocycles. The van der Waals surface area contributed by atoms with Crippen molar-refractivity contribution >= 4 is 39.2 Å². The number of halogens is 1. The summed E-state index contributed by atoms with van der Waals surface area (Å²) in [5.74, 6) is 0.161. The summed E-state index contributed by atoms with van der Waals surface area (Å²) in [4.78, 5) is 11.5. The van der Waals surface area contributed by atoms with Crippen molar-refractivity contribution in [1.82, 2.24) is 25.1 Å². The van der Waals surface area contributed by atoms with Gasteiger partial charge in [0.1, 0.15) is 5.75 Å². The van der Waals surface area contributed by atoms with Gasteiger partial charge in [-0.05, 0) is 38.1 Å². The van der Waals surface area contributed by atoms with E-state index < -0.39 is 0 Å². The highest BCUT2D eigenvalue weighted by atomic mass is 35.5. The second kappa shape index (κ2) is 7.11. The first kappa shape index (κ1) is 19.1. The zero-order valence-electron chi connectivity index (χ0n) is 17.1. The van der Waals surface area contributed by atoms with Gasteiger partial charge in [-0.25, -0.2) is 9.97 Å². The van der Waals surface area contributed by atoms with Gasteiger partial charge in [-0.2, -0.15) is 5.10 Å². The molecule has 0 amide bonds. The first-order valence-electron chi connectivity index (χ1n) is 9.98. The van der Waals surface area contributed by atoms with Crippen LogP contribution in [-0.2, 0) is 7.05 Å². The van der Waals surface area contributed by atoms with Crippen molar-refractivity contribution in [3.63, 3.8) is 0 Å². The van der Waals surface area contributed by atoms with Crippen molar-refractivity contribution in [2.45, 2.75) is 19.4 Å². The number of hydrogen-bond donors (Lipinski definition) is 2. The topological polar surface area (TPSA) is 79.1 Å². The molecular weight excluding hydrogens is 400 g/mol. The van der Waals surface area contributed by atoms with Gasteiger partial charge in [0.25, 0.3) is 0 Å². The van der Waals surface area contributed by atoms with E-state index in [0.29, 0.717) is 28.0 Å². The molecule has 8 heteroatoms. The maximum Gasteiger partial charge on any atom is 0.161 e. The Labute approximate surface area is 179 Å². The number of benzene rings is 1. The van der Waals surface area contributed by atoms with E-state index in [4.69, 9.17) is 16.6 Å². The Morgan fingerprint density at radius 2 is 2.13 bits per heavy atom. The fraction of sp³-hybridized carbons (Fsp3) is 0.318. The van der Waals surface area contributed by atoms with Crippen LogP contribution >= 0.6 is 11.6 Å². The Morgan fingerprint density at radius 3 is 2.90 bits per heavy atom. The molecule has 30 heavy (non-hydrogen) atoms. The van der Waals surface area contributed by atoms with Crippen molar-refractivity contribution in [3.8, 4) is 17.0 Å². The maximum absolute atomic E-state index is 10.8. The smallest absolute Gasteiger partial charge is 0.161 e. The molecule has 4 aromatic rings. The molecule has 7 nitrogen and oxygen atoms in total. The van der Waals surface area contributed by atoms with Crippen LogP contribution in [0.4, 0.5) is 5.69 Å². The van der Waals surface area contributed by atoms with E-state index in [2.05, 4.69) is 27.3 Å². The number of nitrogens with one attached hydrogen (secondary N) is 1. The van der Waals surface area contributed by atoms with Crippen LogP contribution in [0.3, 0.4) is 0 Å². The molecule has 1 fully saturated rings. The number of likely N-dealkylation sites (N-methyl/N-ethyl adjacent to an activating group) is 1. The first-order valence-corrected chi connectivity index (χ1v) is 10.4. The number of pyridine rings is 2. The molecule has 0 spiro atoms. The van der Waals surface area contributed by atoms with Gasteiger partial charge in [0.2, 0.25) is 0 Å². The van der Waals surface area contributed by atoms with Gasteiger partial charge in [-0.3, -0.25) is 4.68 Å². The van der Waals surface area contributed by atoms with E-state index in [9.17, 15) is 5.11 Å². The van der Waals surface area contributed by atoms with Crippen LogP contribution in [0, 0.1) is 6.92 Å². The standard InChI is InChI=1S/C22H23ClN6O/c1-12-20-13(11-28(2)27-20)6-17(21(12)30)19-8-18(23)16-7-15(10-25-22(16)26-19)29(3)14-4-5-24-9-14/h6-8,10-11,14,24,30H,4-5,9H2,1-3H3/t14-/m1/s1. The van der Waals surface area contributed by atoms with Crippen LogP contribution in [0.1, 0.15) is 12.0 Å². The molecule has 1 aromatic carbocycles. The molecule has 1 aliphatic heterocycles. The lowest BCUT2D eigenvalue weighted by Crippen LogP contribution is -2.33. The molecule has 0 saturated carbocycles. The van der Waals surface area contributed by atoms with Crippen LogP contribution in [0.25, 0.3) is 33.2 Å². The minimum atomic E-state index is 0.161. The summed E-state index contributed by atoms with van der Waals surface area (Å²) in [6, 6.07) is 6.17. The Balaban J connectivity index is 1.61. The monoisotopic (exact) mass is 422 g/mol. The molecule has 1 aliphatic rings. The van der Waals surface area contributed by atoms with Crippen molar-refractivity contribution in [1.29, 1.82) is 0 Å². The summed E-state index contributed by atoms with van der Waals surface area (Å²) in [7, 11) is 3.95. The molecule has 5 rings (SSSR count). The maximum atomic E-state index is 10.8. The molecule has 2 N–H and O–H groups in total. The lowest BCUT2D eigenvalue weighted by Gasteiger charge is -2.25. The molecule has 154 valence electrons. The lowest BCUT2D eigenvalue weighted by atomic mass is 10.0. The zero-order valence-corrected chi connectivity index (χ0v) is 17.9. The molecule has 0 bridgehead atoms. The van der Waals surface area contributed by atoms with Gasteiger partial charge in [0, 0.05) is 54.8 Å². The number of rotatable bonds is 3. The molecule has 3 aromatic heterocycles. The van der Waals surface area contributed by atoms with Gasteiger partial charge in [0.05, 0.1) is 28.1 Å². The summed E-state index contributed by atoms with van der Waals surface area (Å²) in [6.07, 6.45) is 4.87. The van der Waals surface area contributed by atoms with Crippen LogP contribution in [0.15, 0.2) is 30.6 Å². The zero-order chi connectivity index (χ0) is 21.0. The number of fused-ring (bicyclic) bond motifs is 2. The quantitative estimate of drug-likeness (QED) is 0.524. The van der Waals surface area contributed by atoms with Gasteiger partial charge in [-0.15, -0.1) is 0 Å². The summed E-state index contributed by atoms with van der Waals surface area (Å²) in [6.45, 7) is 3.86. The second-order valence-corrected chi connectivity index (χ2v) is 8.36. The highest BCUT2D eigenvalue weighted by Crippen LogP contribution is 2.38. The van der Waals surface area contributed by atoms with Gasteiger partial charge in [-0.1, -0.05) is 11.6 Å². The third-order valence-corrected chi connectivity index (χ3v) is 6.30. The van der Waals surface area contributed by atoms with Gasteiger partial charge >= 0.3 is 0 Å². The number of aryl methyl sites for hydroxylation is 2. The highest BCUT2D eigenvalue weighted by Gasteiger charge is 2.21. The fourth-order valence-corrected chi connectivity index (χ4v) is 4.45. The second-order valence-electron chi connectivity index (χ2n) is 7.95. The average Bonchev–Trinajstić information content (AvgIpc) is 3.39. The summed E-state index contributed by atoms with van der Waals surface area (Å²) >= 11 is 6.65. The summed E-state index contributed by atoms with van der Waals surface area (Å²) in [5, 5.41) is 20.9. The number of nitrogens with zero attached hydrogens (tertiary/aromatic N) is 5. The molecule has 0 aliphatic carbocycles. The Bertz CT molecular complexity index is 1280. The number of hydrogen-bond acceptors (Lipinski definition) is 6. The number of aromatic hydroxyl groups is 1. The Hall–Kier alpha value is -2.90. The van der Waals surface area contributed by atoms with Crippen molar-refractivity contribution in [2.24, 2.45) is 7.05 Å². The summed E-state index contributed by atoms with van der Waals surface area (Å²) < 4.78 is 1.74. The normalized spacial score (nSPS) is 16.6. The number of phenols is 1. The third kappa shape index (κ3) is 3.05. The van der Waals surface area contributed by atoms with Crippen molar-refractivity contribution in [3.05, 3.63) is 41.2 Å². The highest BCUT2D eigenvalue weighted by molar-refractivity contribution is 6.35. The van der Waals surface area contributed by atoms with E-state index in [0.717, 1.165) is 47.1 Å². The van der Waals surface area contributed by atoms with E-state index in [1.54, 1.807) is 10.7 Å². The van der Waals surface area contributed by atoms with Crippen LogP contribution in [0.2, 0.25) is 5.02 Å². The number of phenolic OH excluding ortho intramolecular Hbond substituents is 1.